The molecule has 1 rings (SSSR count). The fourth-order valence-electron chi connectivity index (χ4n) is 1.08. The van der Waals surface area contributed by atoms with Crippen LogP contribution in [-0.2, 0) is 4.79 Å². The predicted molar refractivity (Wildman–Crippen MR) is 59.1 cm³/mol. The molecule has 0 amide bonds. The Labute approximate surface area is 91.0 Å². The number of nitrogens with one attached hydrogen (secondary N) is 2. The number of aliphatic carboxylic acids is 1. The summed E-state index contributed by atoms with van der Waals surface area (Å²) >= 11 is 0. The van der Waals surface area contributed by atoms with E-state index in [2.05, 4.69) is 21.9 Å². The van der Waals surface area contributed by atoms with Gasteiger partial charge >= 0.3 is 5.97 Å². The summed E-state index contributed by atoms with van der Waals surface area (Å²) in [5.41, 5.74) is 4.79. The Kier molecular flexibility index (Phi) is 3.65. The molecule has 0 saturated heterocycles. The Morgan fingerprint density at radius 3 is 3.06 bits per heavy atom. The summed E-state index contributed by atoms with van der Waals surface area (Å²) in [6.45, 7) is 3.44. The number of H-pyrrole nitrogens is 1. The maximum Gasteiger partial charge on any atom is 0.326 e. The summed E-state index contributed by atoms with van der Waals surface area (Å²) in [5.74, 6) is -1.01. The number of aromatic nitrogens is 2. The summed E-state index contributed by atoms with van der Waals surface area (Å²) in [6.07, 6.45) is 2.80. The van der Waals surface area contributed by atoms with Crippen LogP contribution in [0.1, 0.15) is 6.42 Å². The average molecular weight is 224 g/mol. The van der Waals surface area contributed by atoms with Crippen molar-refractivity contribution in [2.45, 2.75) is 12.5 Å². The van der Waals surface area contributed by atoms with E-state index in [0.29, 0.717) is 0 Å². The molecular weight excluding hydrogens is 212 g/mol. The topological polar surface area (TPSA) is 121 Å². The van der Waals surface area contributed by atoms with Crippen LogP contribution in [0, 0.1) is 0 Å². The molecule has 1 heterocycles. The van der Waals surface area contributed by atoms with Gasteiger partial charge < -0.3 is 21.1 Å². The monoisotopic (exact) mass is 224 g/mol. The average Bonchev–Trinajstić information content (AvgIpc) is 2.23. The molecule has 1 aromatic heterocycles. The predicted octanol–water partition coefficient (Wildman–Crippen LogP) is -0.207. The molecule has 0 bridgehead atoms. The number of nitrogen functional groups attached to an aromatic ring is 1. The third kappa shape index (κ3) is 2.59. The van der Waals surface area contributed by atoms with Gasteiger partial charge in [0.2, 0.25) is 0 Å². The maximum absolute atomic E-state index is 11.1. The fraction of sp³-hybridized carbons (Fsp3) is 0.222. The van der Waals surface area contributed by atoms with Crippen LogP contribution in [-0.4, -0.2) is 27.1 Å². The first-order chi connectivity index (χ1) is 7.56. The van der Waals surface area contributed by atoms with E-state index in [4.69, 9.17) is 10.8 Å². The second-order valence-electron chi connectivity index (χ2n) is 3.05. The molecule has 0 radical (unpaired) electrons. The van der Waals surface area contributed by atoms with Gasteiger partial charge in [-0.2, -0.15) is 0 Å². The summed E-state index contributed by atoms with van der Waals surface area (Å²) in [6, 6.07) is -0.908. The number of carbonyl (C=O) groups is 1. The molecule has 0 aromatic carbocycles. The second kappa shape index (κ2) is 4.96. The highest BCUT2D eigenvalue weighted by Crippen LogP contribution is 2.10. The molecule has 1 unspecified atom stereocenters. The molecule has 5 N–H and O–H groups in total. The van der Waals surface area contributed by atoms with Gasteiger partial charge in [-0.05, 0) is 6.42 Å². The maximum atomic E-state index is 11.1. The first kappa shape index (κ1) is 11.8. The Morgan fingerprint density at radius 2 is 2.50 bits per heavy atom. The molecule has 1 atom stereocenters. The number of anilines is 2. The molecule has 0 aliphatic rings. The van der Waals surface area contributed by atoms with Crippen molar-refractivity contribution < 1.29 is 9.90 Å². The number of carboxylic acid groups (broad SMARTS) is 1. The molecule has 0 aliphatic heterocycles. The normalized spacial score (nSPS) is 11.8. The molecule has 86 valence electrons. The molecular formula is C9H12N4O3. The summed E-state index contributed by atoms with van der Waals surface area (Å²) < 4.78 is 0. The Hall–Kier alpha value is -2.31. The van der Waals surface area contributed by atoms with Gasteiger partial charge in [0.15, 0.2) is 5.82 Å². The summed E-state index contributed by atoms with van der Waals surface area (Å²) in [4.78, 5) is 28.0. The van der Waals surface area contributed by atoms with Crippen LogP contribution in [0.5, 0.6) is 0 Å². The van der Waals surface area contributed by atoms with E-state index < -0.39 is 17.6 Å². The fourth-order valence-corrected chi connectivity index (χ4v) is 1.08. The van der Waals surface area contributed by atoms with Gasteiger partial charge in [0.1, 0.15) is 11.7 Å². The molecule has 1 aromatic rings. The second-order valence-corrected chi connectivity index (χ2v) is 3.05. The number of nitrogens with two attached hydrogens (primary N) is 1. The van der Waals surface area contributed by atoms with Crippen LogP contribution < -0.4 is 16.6 Å². The van der Waals surface area contributed by atoms with Crippen molar-refractivity contribution in [3.05, 3.63) is 29.3 Å². The number of hydrogen-bond donors (Lipinski definition) is 4. The van der Waals surface area contributed by atoms with Crippen molar-refractivity contribution >= 4 is 17.5 Å². The number of carboxylic acids is 1. The number of aromatic amines is 1. The lowest BCUT2D eigenvalue weighted by atomic mass is 10.2. The summed E-state index contributed by atoms with van der Waals surface area (Å²) in [7, 11) is 0. The van der Waals surface area contributed by atoms with Crippen LogP contribution in [0.3, 0.4) is 0 Å². The quantitative estimate of drug-likeness (QED) is 0.513. The van der Waals surface area contributed by atoms with Gasteiger partial charge in [-0.25, -0.2) is 9.78 Å². The van der Waals surface area contributed by atoms with Crippen molar-refractivity contribution in [1.82, 2.24) is 9.97 Å². The molecule has 0 fully saturated rings. The lowest BCUT2D eigenvalue weighted by molar-refractivity contribution is -0.137. The minimum Gasteiger partial charge on any atom is -0.480 e. The highest BCUT2D eigenvalue weighted by Gasteiger charge is 2.17. The SMILES string of the molecule is C=CCC(Nc1nc[nH]c(=O)c1N)C(=O)O. The van der Waals surface area contributed by atoms with E-state index in [9.17, 15) is 9.59 Å². The number of rotatable bonds is 5. The molecule has 7 heteroatoms. The first-order valence-electron chi connectivity index (χ1n) is 4.49. The third-order valence-corrected chi connectivity index (χ3v) is 1.90. The first-order valence-corrected chi connectivity index (χ1v) is 4.49. The van der Waals surface area contributed by atoms with Gasteiger partial charge in [-0.3, -0.25) is 4.79 Å². The minimum atomic E-state index is -1.07. The molecule has 0 spiro atoms. The van der Waals surface area contributed by atoms with Crippen LogP contribution >= 0.6 is 0 Å². The molecule has 16 heavy (non-hydrogen) atoms. The van der Waals surface area contributed by atoms with Crippen LogP contribution in [0.25, 0.3) is 0 Å². The van der Waals surface area contributed by atoms with E-state index >= 15 is 0 Å². The summed E-state index contributed by atoms with van der Waals surface area (Å²) in [5, 5.41) is 11.4. The van der Waals surface area contributed by atoms with Gasteiger partial charge in [-0.1, -0.05) is 6.08 Å². The van der Waals surface area contributed by atoms with Crippen LogP contribution in [0.2, 0.25) is 0 Å². The van der Waals surface area contributed by atoms with Crippen LogP contribution in [0.4, 0.5) is 11.5 Å². The lowest BCUT2D eigenvalue weighted by Crippen LogP contribution is -2.30. The zero-order valence-electron chi connectivity index (χ0n) is 8.43. The van der Waals surface area contributed by atoms with Gasteiger partial charge in [0, 0.05) is 0 Å². The van der Waals surface area contributed by atoms with Gasteiger partial charge in [0.05, 0.1) is 6.33 Å². The number of nitrogens with zero attached hydrogens (tertiary/aromatic N) is 1. The minimum absolute atomic E-state index is 0.0537. The van der Waals surface area contributed by atoms with E-state index in [0.717, 1.165) is 6.33 Å². The zero-order chi connectivity index (χ0) is 12.1. The smallest absolute Gasteiger partial charge is 0.326 e. The lowest BCUT2D eigenvalue weighted by Gasteiger charge is -2.13. The molecule has 0 saturated carbocycles. The molecule has 7 nitrogen and oxygen atoms in total. The van der Waals surface area contributed by atoms with E-state index in [1.54, 1.807) is 0 Å². The van der Waals surface area contributed by atoms with Gasteiger partial charge in [0.25, 0.3) is 5.56 Å². The largest absolute Gasteiger partial charge is 0.480 e. The molecule has 0 aliphatic carbocycles. The Balaban J connectivity index is 2.93. The van der Waals surface area contributed by atoms with Crippen molar-refractivity contribution in [2.75, 3.05) is 11.1 Å². The number of hydrogen-bond acceptors (Lipinski definition) is 5. The highest BCUT2D eigenvalue weighted by atomic mass is 16.4. The highest BCUT2D eigenvalue weighted by molar-refractivity contribution is 5.78. The van der Waals surface area contributed by atoms with Gasteiger partial charge in [-0.15, -0.1) is 6.58 Å². The Morgan fingerprint density at radius 1 is 1.81 bits per heavy atom. The van der Waals surface area contributed by atoms with E-state index in [1.165, 1.54) is 6.08 Å². The van der Waals surface area contributed by atoms with Crippen LogP contribution in [0.15, 0.2) is 23.8 Å². The zero-order valence-corrected chi connectivity index (χ0v) is 8.43. The standard InChI is InChI=1S/C9H12N4O3/c1-2-3-5(9(15)16)13-7-6(10)8(14)12-4-11-7/h2,4-5H,1,3,10H2,(H,15,16)(H2,11,12,13,14). The van der Waals surface area contributed by atoms with E-state index in [1.807, 2.05) is 0 Å². The Bertz CT molecular complexity index is 454. The van der Waals surface area contributed by atoms with Crippen molar-refractivity contribution in [3.63, 3.8) is 0 Å². The van der Waals surface area contributed by atoms with Crippen molar-refractivity contribution in [2.24, 2.45) is 0 Å². The van der Waals surface area contributed by atoms with E-state index in [-0.39, 0.29) is 17.9 Å². The third-order valence-electron chi connectivity index (χ3n) is 1.90. The van der Waals surface area contributed by atoms with Crippen molar-refractivity contribution in [1.29, 1.82) is 0 Å². The van der Waals surface area contributed by atoms with Crippen molar-refractivity contribution in [3.8, 4) is 0 Å².